The largest absolute Gasteiger partial charge is 0.264 e. The van der Waals surface area contributed by atoms with Gasteiger partial charge in [-0.3, -0.25) is 9.38 Å². The number of aromatic nitrogens is 6. The van der Waals surface area contributed by atoms with Crippen LogP contribution in [-0.4, -0.2) is 29.5 Å². The topological polar surface area (TPSA) is 68.9 Å². The van der Waals surface area contributed by atoms with Crippen LogP contribution in [0.4, 0.5) is 0 Å². The highest BCUT2D eigenvalue weighted by molar-refractivity contribution is 6.29. The molecule has 78 valence electrons. The van der Waals surface area contributed by atoms with E-state index in [0.29, 0.717) is 22.3 Å². The van der Waals surface area contributed by atoms with E-state index in [1.165, 1.54) is 0 Å². The van der Waals surface area contributed by atoms with Crippen LogP contribution >= 0.6 is 11.6 Å². The first-order valence-corrected chi connectivity index (χ1v) is 4.85. The van der Waals surface area contributed by atoms with E-state index in [1.54, 1.807) is 35.4 Å². The number of fused-ring (bicyclic) bond motifs is 1. The minimum atomic E-state index is 0.380. The normalized spacial score (nSPS) is 10.8. The van der Waals surface area contributed by atoms with Gasteiger partial charge in [0.25, 0.3) is 0 Å². The predicted octanol–water partition coefficient (Wildman–Crippen LogP) is 1.23. The molecule has 0 unspecified atom stereocenters. The van der Waals surface area contributed by atoms with Gasteiger partial charge in [0.2, 0.25) is 0 Å². The summed E-state index contributed by atoms with van der Waals surface area (Å²) in [6.07, 6.45) is 6.37. The Bertz CT molecular complexity index is 635. The van der Waals surface area contributed by atoms with E-state index in [4.69, 9.17) is 11.6 Å². The fourth-order valence-corrected chi connectivity index (χ4v) is 1.50. The lowest BCUT2D eigenvalue weighted by Crippen LogP contribution is -1.93. The molecule has 0 atom stereocenters. The number of halogens is 1. The fourth-order valence-electron chi connectivity index (χ4n) is 1.36. The second kappa shape index (κ2) is 3.49. The third-order valence-electron chi connectivity index (χ3n) is 2.06. The van der Waals surface area contributed by atoms with Crippen LogP contribution in [0.2, 0.25) is 5.15 Å². The molecule has 0 aromatic carbocycles. The number of hydrogen-bond donors (Lipinski definition) is 0. The first-order chi connectivity index (χ1) is 7.84. The molecule has 0 radical (unpaired) electrons. The highest BCUT2D eigenvalue weighted by atomic mass is 35.5. The molecule has 0 amide bonds. The summed E-state index contributed by atoms with van der Waals surface area (Å²) in [6.45, 7) is 0. The maximum atomic E-state index is 5.75. The number of nitrogens with zero attached hydrogens (tertiary/aromatic N) is 6. The van der Waals surface area contributed by atoms with Gasteiger partial charge in [-0.1, -0.05) is 11.6 Å². The molecule has 3 aromatic heterocycles. The standard InChI is InChI=1S/C9H5ClN6/c10-7-3-8-14-15-9(16(8)5-13-7)6-4-11-1-2-12-6/h1-5H. The fraction of sp³-hybridized carbons (Fsp3) is 0. The minimum Gasteiger partial charge on any atom is -0.264 e. The van der Waals surface area contributed by atoms with Crippen LogP contribution in [0.5, 0.6) is 0 Å². The van der Waals surface area contributed by atoms with E-state index in [2.05, 4.69) is 25.1 Å². The first-order valence-electron chi connectivity index (χ1n) is 4.47. The van der Waals surface area contributed by atoms with Gasteiger partial charge < -0.3 is 0 Å². The smallest absolute Gasteiger partial charge is 0.189 e. The summed E-state index contributed by atoms with van der Waals surface area (Å²) in [7, 11) is 0. The average molecular weight is 233 g/mol. The van der Waals surface area contributed by atoms with E-state index in [1.807, 2.05) is 0 Å². The monoisotopic (exact) mass is 232 g/mol. The van der Waals surface area contributed by atoms with Gasteiger partial charge in [0.1, 0.15) is 17.2 Å². The van der Waals surface area contributed by atoms with Crippen molar-refractivity contribution in [1.29, 1.82) is 0 Å². The molecule has 3 rings (SSSR count). The Balaban J connectivity index is 2.26. The van der Waals surface area contributed by atoms with Gasteiger partial charge in [-0.2, -0.15) is 0 Å². The van der Waals surface area contributed by atoms with Crippen molar-refractivity contribution in [2.75, 3.05) is 0 Å². The van der Waals surface area contributed by atoms with Crippen molar-refractivity contribution in [3.05, 3.63) is 36.1 Å². The summed E-state index contributed by atoms with van der Waals surface area (Å²) in [6, 6.07) is 1.63. The lowest BCUT2D eigenvalue weighted by molar-refractivity contribution is 1.05. The summed E-state index contributed by atoms with van der Waals surface area (Å²) in [5.74, 6) is 0.590. The van der Waals surface area contributed by atoms with Crippen LogP contribution in [0.1, 0.15) is 0 Å². The van der Waals surface area contributed by atoms with Crippen molar-refractivity contribution in [3.63, 3.8) is 0 Å². The zero-order valence-corrected chi connectivity index (χ0v) is 8.70. The summed E-state index contributed by atoms with van der Waals surface area (Å²) in [5, 5.41) is 8.38. The lowest BCUT2D eigenvalue weighted by Gasteiger charge is -1.97. The van der Waals surface area contributed by atoms with Crippen LogP contribution in [0.3, 0.4) is 0 Å². The van der Waals surface area contributed by atoms with Gasteiger partial charge in [0.05, 0.1) is 6.20 Å². The minimum absolute atomic E-state index is 0.380. The maximum absolute atomic E-state index is 5.75. The molecule has 3 aromatic rings. The molecule has 0 saturated carbocycles. The molecule has 0 aliphatic carbocycles. The number of hydrogen-bond acceptors (Lipinski definition) is 5. The Hall–Kier alpha value is -2.08. The second-order valence-corrected chi connectivity index (χ2v) is 3.44. The molecule has 0 N–H and O–H groups in total. The molecule has 0 bridgehead atoms. The highest BCUT2D eigenvalue weighted by Crippen LogP contribution is 2.15. The molecule has 0 saturated heterocycles. The Morgan fingerprint density at radius 3 is 2.88 bits per heavy atom. The molecule has 3 heterocycles. The maximum Gasteiger partial charge on any atom is 0.189 e. The Morgan fingerprint density at radius 1 is 1.12 bits per heavy atom. The molecule has 0 spiro atoms. The molecule has 7 heteroatoms. The highest BCUT2D eigenvalue weighted by Gasteiger charge is 2.09. The Kier molecular flexibility index (Phi) is 2.00. The van der Waals surface area contributed by atoms with Gasteiger partial charge in [-0.25, -0.2) is 9.97 Å². The zero-order chi connectivity index (χ0) is 11.0. The van der Waals surface area contributed by atoms with Crippen molar-refractivity contribution in [2.45, 2.75) is 0 Å². The zero-order valence-electron chi connectivity index (χ0n) is 7.95. The predicted molar refractivity (Wildman–Crippen MR) is 56.8 cm³/mol. The van der Waals surface area contributed by atoms with Crippen molar-refractivity contribution >= 4 is 17.2 Å². The molecule has 0 aliphatic heterocycles. The second-order valence-electron chi connectivity index (χ2n) is 3.05. The van der Waals surface area contributed by atoms with E-state index < -0.39 is 0 Å². The van der Waals surface area contributed by atoms with Crippen LogP contribution in [0.15, 0.2) is 31.0 Å². The molecular weight excluding hydrogens is 228 g/mol. The summed E-state index contributed by atoms with van der Waals surface area (Å²) < 4.78 is 1.70. The van der Waals surface area contributed by atoms with Gasteiger partial charge in [0, 0.05) is 18.5 Å². The summed E-state index contributed by atoms with van der Waals surface area (Å²) in [5.41, 5.74) is 1.26. The third kappa shape index (κ3) is 1.40. The van der Waals surface area contributed by atoms with Gasteiger partial charge in [-0.15, -0.1) is 10.2 Å². The Morgan fingerprint density at radius 2 is 2.06 bits per heavy atom. The molecule has 6 nitrogen and oxygen atoms in total. The van der Waals surface area contributed by atoms with Gasteiger partial charge in [0.15, 0.2) is 11.5 Å². The summed E-state index contributed by atoms with van der Waals surface area (Å²) >= 11 is 5.75. The third-order valence-corrected chi connectivity index (χ3v) is 2.27. The van der Waals surface area contributed by atoms with Crippen LogP contribution in [-0.2, 0) is 0 Å². The van der Waals surface area contributed by atoms with Gasteiger partial charge in [-0.05, 0) is 0 Å². The van der Waals surface area contributed by atoms with E-state index in [9.17, 15) is 0 Å². The average Bonchev–Trinajstić information content (AvgIpc) is 2.73. The molecule has 0 aliphatic rings. The van der Waals surface area contributed by atoms with E-state index in [-0.39, 0.29) is 0 Å². The van der Waals surface area contributed by atoms with Crippen LogP contribution in [0, 0.1) is 0 Å². The summed E-state index contributed by atoms with van der Waals surface area (Å²) in [4.78, 5) is 12.1. The van der Waals surface area contributed by atoms with Gasteiger partial charge >= 0.3 is 0 Å². The quantitative estimate of drug-likeness (QED) is 0.591. The first kappa shape index (κ1) is 9.17. The van der Waals surface area contributed by atoms with Crippen LogP contribution in [0.25, 0.3) is 17.2 Å². The van der Waals surface area contributed by atoms with Crippen molar-refractivity contribution in [3.8, 4) is 11.5 Å². The van der Waals surface area contributed by atoms with E-state index in [0.717, 1.165) is 0 Å². The van der Waals surface area contributed by atoms with Crippen LogP contribution < -0.4 is 0 Å². The van der Waals surface area contributed by atoms with Crippen molar-refractivity contribution < 1.29 is 0 Å². The van der Waals surface area contributed by atoms with E-state index >= 15 is 0 Å². The van der Waals surface area contributed by atoms with Crippen molar-refractivity contribution in [1.82, 2.24) is 29.5 Å². The Labute approximate surface area is 95.0 Å². The number of rotatable bonds is 1. The lowest BCUT2D eigenvalue weighted by atomic mass is 10.4. The molecule has 16 heavy (non-hydrogen) atoms. The molecule has 0 fully saturated rings. The SMILES string of the molecule is Clc1cc2nnc(-c3cnccn3)n2cn1. The van der Waals surface area contributed by atoms with Crippen molar-refractivity contribution in [2.24, 2.45) is 0 Å². The molecular formula is C9H5ClN6.